The second kappa shape index (κ2) is 8.19. The SMILES string of the molecule is CCOCc1nc(NC)cc(SCC(=O)OC(C)(C)C)n1. The summed E-state index contributed by atoms with van der Waals surface area (Å²) in [5.74, 6) is 1.25. The summed E-state index contributed by atoms with van der Waals surface area (Å²) < 4.78 is 10.6. The molecule has 0 amide bonds. The van der Waals surface area contributed by atoms with Gasteiger partial charge in [-0.15, -0.1) is 0 Å². The molecule has 1 aromatic rings. The zero-order chi connectivity index (χ0) is 15.9. The van der Waals surface area contributed by atoms with E-state index in [0.717, 1.165) is 5.03 Å². The zero-order valence-corrected chi connectivity index (χ0v) is 14.0. The van der Waals surface area contributed by atoms with Gasteiger partial charge in [-0.25, -0.2) is 9.97 Å². The molecule has 0 spiro atoms. The normalized spacial score (nSPS) is 11.3. The molecule has 118 valence electrons. The predicted molar refractivity (Wildman–Crippen MR) is 83.5 cm³/mol. The van der Waals surface area contributed by atoms with E-state index in [1.54, 1.807) is 13.1 Å². The van der Waals surface area contributed by atoms with Gasteiger partial charge >= 0.3 is 5.97 Å². The number of nitrogens with one attached hydrogen (secondary N) is 1. The van der Waals surface area contributed by atoms with Gasteiger partial charge in [-0.1, -0.05) is 11.8 Å². The van der Waals surface area contributed by atoms with Crippen LogP contribution in [0.1, 0.15) is 33.5 Å². The van der Waals surface area contributed by atoms with Crippen LogP contribution < -0.4 is 5.32 Å². The predicted octanol–water partition coefficient (Wildman–Crippen LogP) is 2.49. The molecule has 0 aliphatic carbocycles. The van der Waals surface area contributed by atoms with Crippen LogP contribution >= 0.6 is 11.8 Å². The summed E-state index contributed by atoms with van der Waals surface area (Å²) >= 11 is 1.33. The number of anilines is 1. The van der Waals surface area contributed by atoms with Gasteiger partial charge < -0.3 is 14.8 Å². The van der Waals surface area contributed by atoms with Gasteiger partial charge in [0.25, 0.3) is 0 Å². The lowest BCUT2D eigenvalue weighted by Crippen LogP contribution is -2.24. The largest absolute Gasteiger partial charge is 0.459 e. The lowest BCUT2D eigenvalue weighted by atomic mass is 10.2. The summed E-state index contributed by atoms with van der Waals surface area (Å²) in [6, 6.07) is 1.80. The van der Waals surface area contributed by atoms with E-state index in [2.05, 4.69) is 15.3 Å². The first-order valence-electron chi connectivity index (χ1n) is 6.82. The van der Waals surface area contributed by atoms with E-state index in [4.69, 9.17) is 9.47 Å². The molecule has 0 aliphatic heterocycles. The van der Waals surface area contributed by atoms with Crippen LogP contribution in [-0.2, 0) is 20.9 Å². The third-order valence-electron chi connectivity index (χ3n) is 2.20. The van der Waals surface area contributed by atoms with Crippen LogP contribution in [-0.4, -0.2) is 40.9 Å². The van der Waals surface area contributed by atoms with Crippen LogP contribution in [0.2, 0.25) is 0 Å². The molecule has 1 rings (SSSR count). The number of rotatable bonds is 7. The topological polar surface area (TPSA) is 73.3 Å². The van der Waals surface area contributed by atoms with E-state index in [-0.39, 0.29) is 11.7 Å². The molecule has 0 aromatic carbocycles. The number of esters is 1. The monoisotopic (exact) mass is 313 g/mol. The first kappa shape index (κ1) is 17.7. The minimum absolute atomic E-state index is 0.214. The molecule has 0 fully saturated rings. The maximum atomic E-state index is 11.7. The highest BCUT2D eigenvalue weighted by molar-refractivity contribution is 7.99. The summed E-state index contributed by atoms with van der Waals surface area (Å²) in [5.41, 5.74) is -0.473. The third kappa shape index (κ3) is 7.29. The van der Waals surface area contributed by atoms with E-state index >= 15 is 0 Å². The molecule has 1 aromatic heterocycles. The Morgan fingerprint density at radius 3 is 2.67 bits per heavy atom. The maximum Gasteiger partial charge on any atom is 0.316 e. The molecule has 1 N–H and O–H groups in total. The smallest absolute Gasteiger partial charge is 0.316 e. The zero-order valence-electron chi connectivity index (χ0n) is 13.2. The molecule has 6 nitrogen and oxygen atoms in total. The van der Waals surface area contributed by atoms with E-state index in [0.29, 0.717) is 24.9 Å². The van der Waals surface area contributed by atoms with Gasteiger partial charge in [-0.3, -0.25) is 4.79 Å². The Kier molecular flexibility index (Phi) is 6.91. The third-order valence-corrected chi connectivity index (χ3v) is 3.08. The number of aromatic nitrogens is 2. The molecule has 1 heterocycles. The molecule has 0 unspecified atom stereocenters. The molecule has 0 bridgehead atoms. The minimum atomic E-state index is -0.473. The molecule has 0 saturated heterocycles. The number of ether oxygens (including phenoxy) is 2. The second-order valence-electron chi connectivity index (χ2n) is 5.27. The Morgan fingerprint density at radius 2 is 2.10 bits per heavy atom. The number of nitrogens with zero attached hydrogens (tertiary/aromatic N) is 2. The molecular formula is C14H23N3O3S. The van der Waals surface area contributed by atoms with Crippen molar-refractivity contribution in [3.63, 3.8) is 0 Å². The van der Waals surface area contributed by atoms with Crippen molar-refractivity contribution in [2.75, 3.05) is 24.7 Å². The Hall–Kier alpha value is -1.34. The molecule has 0 saturated carbocycles. The van der Waals surface area contributed by atoms with E-state index in [1.807, 2.05) is 27.7 Å². The lowest BCUT2D eigenvalue weighted by molar-refractivity contribution is -0.151. The van der Waals surface area contributed by atoms with Crippen molar-refractivity contribution in [1.29, 1.82) is 0 Å². The highest BCUT2D eigenvalue weighted by Gasteiger charge is 2.16. The van der Waals surface area contributed by atoms with Gasteiger partial charge in [0.15, 0.2) is 5.82 Å². The van der Waals surface area contributed by atoms with Crippen LogP contribution in [0, 0.1) is 0 Å². The van der Waals surface area contributed by atoms with E-state index in [1.165, 1.54) is 11.8 Å². The summed E-state index contributed by atoms with van der Waals surface area (Å²) in [5, 5.41) is 3.69. The summed E-state index contributed by atoms with van der Waals surface area (Å²) in [6.45, 7) is 8.41. The number of hydrogen-bond donors (Lipinski definition) is 1. The standard InChI is InChI=1S/C14H23N3O3S/c1-6-19-8-11-16-10(15-5)7-12(17-11)21-9-13(18)20-14(2,3)4/h7H,6,8-9H2,1-5H3,(H,15,16,17). The van der Waals surface area contributed by atoms with Crippen molar-refractivity contribution in [2.24, 2.45) is 0 Å². The molecular weight excluding hydrogens is 290 g/mol. The fourth-order valence-electron chi connectivity index (χ4n) is 1.44. The summed E-state index contributed by atoms with van der Waals surface area (Å²) in [7, 11) is 1.79. The van der Waals surface area contributed by atoms with Crippen LogP contribution in [0.25, 0.3) is 0 Å². The fourth-order valence-corrected chi connectivity index (χ4v) is 2.13. The van der Waals surface area contributed by atoms with Crippen LogP contribution in [0.15, 0.2) is 11.1 Å². The number of carbonyl (C=O) groups excluding carboxylic acids is 1. The fraction of sp³-hybridized carbons (Fsp3) is 0.643. The molecule has 0 radical (unpaired) electrons. The van der Waals surface area contributed by atoms with E-state index < -0.39 is 5.60 Å². The lowest BCUT2D eigenvalue weighted by Gasteiger charge is -2.19. The van der Waals surface area contributed by atoms with Gasteiger partial charge in [-0.2, -0.15) is 0 Å². The van der Waals surface area contributed by atoms with Crippen molar-refractivity contribution in [1.82, 2.24) is 9.97 Å². The van der Waals surface area contributed by atoms with Crippen molar-refractivity contribution in [3.8, 4) is 0 Å². The van der Waals surface area contributed by atoms with Gasteiger partial charge in [-0.05, 0) is 27.7 Å². The highest BCUT2D eigenvalue weighted by atomic mass is 32.2. The van der Waals surface area contributed by atoms with Gasteiger partial charge in [0.2, 0.25) is 0 Å². The average Bonchev–Trinajstić information content (AvgIpc) is 2.41. The molecule has 0 aliphatic rings. The van der Waals surface area contributed by atoms with Crippen LogP contribution in [0.3, 0.4) is 0 Å². The summed E-state index contributed by atoms with van der Waals surface area (Å²) in [6.07, 6.45) is 0. The Labute approximate surface area is 130 Å². The van der Waals surface area contributed by atoms with Crippen molar-refractivity contribution in [3.05, 3.63) is 11.9 Å². The maximum absolute atomic E-state index is 11.7. The first-order valence-corrected chi connectivity index (χ1v) is 7.80. The number of carbonyl (C=O) groups is 1. The van der Waals surface area contributed by atoms with Crippen molar-refractivity contribution < 1.29 is 14.3 Å². The quantitative estimate of drug-likeness (QED) is 0.471. The second-order valence-corrected chi connectivity index (χ2v) is 6.27. The highest BCUT2D eigenvalue weighted by Crippen LogP contribution is 2.20. The van der Waals surface area contributed by atoms with Crippen LogP contribution in [0.5, 0.6) is 0 Å². The Morgan fingerprint density at radius 1 is 1.38 bits per heavy atom. The van der Waals surface area contributed by atoms with E-state index in [9.17, 15) is 4.79 Å². The molecule has 0 atom stereocenters. The average molecular weight is 313 g/mol. The van der Waals surface area contributed by atoms with Crippen molar-refractivity contribution >= 4 is 23.5 Å². The number of thioether (sulfide) groups is 1. The van der Waals surface area contributed by atoms with Gasteiger partial charge in [0.05, 0.1) is 5.75 Å². The first-order chi connectivity index (χ1) is 9.84. The molecule has 21 heavy (non-hydrogen) atoms. The minimum Gasteiger partial charge on any atom is -0.459 e. The van der Waals surface area contributed by atoms with Crippen molar-refractivity contribution in [2.45, 2.75) is 44.9 Å². The van der Waals surface area contributed by atoms with Gasteiger partial charge in [0, 0.05) is 19.7 Å². The van der Waals surface area contributed by atoms with Crippen LogP contribution in [0.4, 0.5) is 5.82 Å². The molecule has 7 heteroatoms. The summed E-state index contributed by atoms with van der Waals surface area (Å²) in [4.78, 5) is 20.4. The van der Waals surface area contributed by atoms with Gasteiger partial charge in [0.1, 0.15) is 23.1 Å². The Bertz CT molecular complexity index is 475. The Balaban J connectivity index is 2.67. The number of hydrogen-bond acceptors (Lipinski definition) is 7.